The Hall–Kier alpha value is -2.86. The average molecular weight is 437 g/mol. The van der Waals surface area contributed by atoms with E-state index in [1.165, 1.54) is 11.1 Å². The molecule has 1 amide bonds. The molecule has 0 aromatic heterocycles. The van der Waals surface area contributed by atoms with Crippen LogP contribution in [0.5, 0.6) is 0 Å². The van der Waals surface area contributed by atoms with Crippen LogP contribution < -0.4 is 10.6 Å². The van der Waals surface area contributed by atoms with Gasteiger partial charge < -0.3 is 20.3 Å². The van der Waals surface area contributed by atoms with Gasteiger partial charge in [-0.05, 0) is 49.4 Å². The van der Waals surface area contributed by atoms with E-state index in [1.54, 1.807) is 26.0 Å². The fourth-order valence-corrected chi connectivity index (χ4v) is 4.07. The molecule has 0 aliphatic carbocycles. The molecule has 1 fully saturated rings. The van der Waals surface area contributed by atoms with Crippen LogP contribution in [-0.4, -0.2) is 57.6 Å². The van der Waals surface area contributed by atoms with Gasteiger partial charge in [0, 0.05) is 52.3 Å². The van der Waals surface area contributed by atoms with Crippen LogP contribution in [0.15, 0.2) is 53.5 Å². The minimum absolute atomic E-state index is 0.0233. The first-order chi connectivity index (χ1) is 15.5. The quantitative estimate of drug-likeness (QED) is 0.514. The maximum atomic E-state index is 12.2. The third-order valence-electron chi connectivity index (χ3n) is 5.89. The number of amides is 1. The Kier molecular flexibility index (Phi) is 8.68. The number of aryl methyl sites for hydroxylation is 1. The summed E-state index contributed by atoms with van der Waals surface area (Å²) >= 11 is 0. The minimum atomic E-state index is 0.0233. The zero-order valence-corrected chi connectivity index (χ0v) is 19.7. The average Bonchev–Trinajstić information content (AvgIpc) is 2.81. The highest BCUT2D eigenvalue weighted by molar-refractivity contribution is 5.94. The largest absolute Gasteiger partial charge is 0.373 e. The number of nitrogens with one attached hydrogen (secondary N) is 2. The van der Waals surface area contributed by atoms with Gasteiger partial charge in [-0.15, -0.1) is 0 Å². The zero-order chi connectivity index (χ0) is 22.9. The van der Waals surface area contributed by atoms with E-state index in [0.29, 0.717) is 5.92 Å². The van der Waals surface area contributed by atoms with Gasteiger partial charge in [-0.2, -0.15) is 0 Å². The summed E-state index contributed by atoms with van der Waals surface area (Å²) in [4.78, 5) is 18.2. The van der Waals surface area contributed by atoms with Gasteiger partial charge in [0.25, 0.3) is 5.91 Å². The molecular formula is C26H36N4O2. The van der Waals surface area contributed by atoms with E-state index in [-0.39, 0.29) is 12.0 Å². The predicted molar refractivity (Wildman–Crippen MR) is 130 cm³/mol. The predicted octanol–water partition coefficient (Wildman–Crippen LogP) is 3.57. The van der Waals surface area contributed by atoms with Gasteiger partial charge in [0.05, 0.1) is 6.10 Å². The van der Waals surface area contributed by atoms with E-state index in [2.05, 4.69) is 52.9 Å². The lowest BCUT2D eigenvalue weighted by Crippen LogP contribution is -2.42. The van der Waals surface area contributed by atoms with Gasteiger partial charge >= 0.3 is 0 Å². The number of carbonyl (C=O) groups is 1. The molecule has 0 bridgehead atoms. The number of aliphatic imine (C=N–C) groups is 1. The summed E-state index contributed by atoms with van der Waals surface area (Å²) in [5, 5.41) is 6.87. The maximum absolute atomic E-state index is 12.2. The Morgan fingerprint density at radius 3 is 2.66 bits per heavy atom. The number of carbonyl (C=O) groups excluding carboxylic acids is 1. The van der Waals surface area contributed by atoms with Crippen molar-refractivity contribution in [1.82, 2.24) is 15.5 Å². The van der Waals surface area contributed by atoms with Crippen LogP contribution in [0.2, 0.25) is 0 Å². The highest BCUT2D eigenvalue weighted by atomic mass is 16.5. The van der Waals surface area contributed by atoms with Crippen molar-refractivity contribution in [3.05, 3.63) is 70.8 Å². The van der Waals surface area contributed by atoms with Crippen LogP contribution in [0.1, 0.15) is 46.0 Å². The molecule has 1 saturated heterocycles. The Balaban J connectivity index is 1.51. The molecular weight excluding hydrogens is 400 g/mol. The molecule has 32 heavy (non-hydrogen) atoms. The van der Waals surface area contributed by atoms with Crippen LogP contribution >= 0.6 is 0 Å². The fraction of sp³-hybridized carbons (Fsp3) is 0.462. The van der Waals surface area contributed by atoms with Crippen molar-refractivity contribution in [2.75, 3.05) is 40.8 Å². The number of nitrogens with zero attached hydrogens (tertiary/aromatic N) is 2. The molecule has 3 rings (SSSR count). The molecule has 1 heterocycles. The molecule has 6 heteroatoms. The molecule has 0 saturated carbocycles. The van der Waals surface area contributed by atoms with Gasteiger partial charge in [-0.3, -0.25) is 9.79 Å². The number of guanidine groups is 1. The van der Waals surface area contributed by atoms with E-state index in [4.69, 9.17) is 4.74 Å². The van der Waals surface area contributed by atoms with E-state index >= 15 is 0 Å². The van der Waals surface area contributed by atoms with Crippen molar-refractivity contribution in [1.29, 1.82) is 0 Å². The lowest BCUT2D eigenvalue weighted by Gasteiger charge is -2.32. The first-order valence-electron chi connectivity index (χ1n) is 11.4. The van der Waals surface area contributed by atoms with Gasteiger partial charge in [0.1, 0.15) is 0 Å². The van der Waals surface area contributed by atoms with Crippen LogP contribution in [0.3, 0.4) is 0 Å². The van der Waals surface area contributed by atoms with Gasteiger partial charge in [-0.25, -0.2) is 0 Å². The van der Waals surface area contributed by atoms with Crippen molar-refractivity contribution in [3.63, 3.8) is 0 Å². The Morgan fingerprint density at radius 2 is 1.94 bits per heavy atom. The smallest absolute Gasteiger partial charge is 0.253 e. The van der Waals surface area contributed by atoms with Crippen molar-refractivity contribution in [2.45, 2.75) is 32.3 Å². The molecule has 2 atom stereocenters. The summed E-state index contributed by atoms with van der Waals surface area (Å²) in [7, 11) is 5.33. The summed E-state index contributed by atoms with van der Waals surface area (Å²) in [5.41, 5.74) is 4.35. The molecule has 0 spiro atoms. The maximum Gasteiger partial charge on any atom is 0.253 e. The summed E-state index contributed by atoms with van der Waals surface area (Å²) in [6, 6.07) is 16.5. The first-order valence-corrected chi connectivity index (χ1v) is 11.4. The number of benzene rings is 2. The molecule has 2 N–H and O–H groups in total. The zero-order valence-electron chi connectivity index (χ0n) is 19.7. The summed E-state index contributed by atoms with van der Waals surface area (Å²) < 4.78 is 6.14. The normalized spacial score (nSPS) is 18.8. The second-order valence-corrected chi connectivity index (χ2v) is 8.63. The van der Waals surface area contributed by atoms with Crippen LogP contribution in [0, 0.1) is 12.8 Å². The van der Waals surface area contributed by atoms with E-state index in [1.807, 2.05) is 18.2 Å². The molecule has 1 aliphatic heterocycles. The van der Waals surface area contributed by atoms with Crippen LogP contribution in [0.4, 0.5) is 0 Å². The molecule has 2 aromatic rings. The third kappa shape index (κ3) is 6.57. The minimum Gasteiger partial charge on any atom is -0.373 e. The topological polar surface area (TPSA) is 66.0 Å². The van der Waals surface area contributed by atoms with Crippen molar-refractivity contribution < 1.29 is 9.53 Å². The van der Waals surface area contributed by atoms with E-state index in [0.717, 1.165) is 56.0 Å². The summed E-state index contributed by atoms with van der Waals surface area (Å²) in [6.45, 7) is 4.47. The number of hydrogen-bond acceptors (Lipinski definition) is 3. The van der Waals surface area contributed by atoms with Crippen LogP contribution in [-0.2, 0) is 11.2 Å². The number of hydrogen-bond donors (Lipinski definition) is 2. The van der Waals surface area contributed by atoms with Crippen molar-refractivity contribution in [3.8, 4) is 0 Å². The third-order valence-corrected chi connectivity index (χ3v) is 5.89. The molecule has 2 unspecified atom stereocenters. The van der Waals surface area contributed by atoms with Gasteiger partial charge in [0.2, 0.25) is 0 Å². The van der Waals surface area contributed by atoms with Gasteiger partial charge in [0.15, 0.2) is 5.96 Å². The molecule has 172 valence electrons. The Morgan fingerprint density at radius 1 is 1.16 bits per heavy atom. The lowest BCUT2D eigenvalue weighted by atomic mass is 9.89. The second-order valence-electron chi connectivity index (χ2n) is 8.63. The molecule has 1 aliphatic rings. The second kappa shape index (κ2) is 11.7. The monoisotopic (exact) mass is 436 g/mol. The standard InChI is InChI=1S/C26H36N4O2/c1-19-10-12-21(13-11-19)24-23(9-6-16-32-24)18-29-26(27-2)28-15-14-20-7-5-8-22(17-20)25(31)30(3)4/h5,7-8,10-13,17,23-24H,6,9,14-16,18H2,1-4H3,(H2,27,28,29). The summed E-state index contributed by atoms with van der Waals surface area (Å²) in [5.74, 6) is 1.22. The molecule has 0 radical (unpaired) electrons. The van der Waals surface area contributed by atoms with E-state index in [9.17, 15) is 4.79 Å². The summed E-state index contributed by atoms with van der Waals surface area (Å²) in [6.07, 6.45) is 3.15. The molecule has 2 aromatic carbocycles. The SMILES string of the molecule is CN=C(NCCc1cccc(C(=O)N(C)C)c1)NCC1CCCOC1c1ccc(C)cc1. The number of rotatable bonds is 7. The highest BCUT2D eigenvalue weighted by Gasteiger charge is 2.27. The lowest BCUT2D eigenvalue weighted by molar-refractivity contribution is -0.0265. The first kappa shape index (κ1) is 23.8. The van der Waals surface area contributed by atoms with Crippen molar-refractivity contribution >= 4 is 11.9 Å². The van der Waals surface area contributed by atoms with Crippen LogP contribution in [0.25, 0.3) is 0 Å². The van der Waals surface area contributed by atoms with E-state index < -0.39 is 0 Å². The Labute approximate surface area is 192 Å². The fourth-order valence-electron chi connectivity index (χ4n) is 4.07. The van der Waals surface area contributed by atoms with Crippen molar-refractivity contribution in [2.24, 2.45) is 10.9 Å². The Bertz CT molecular complexity index is 908. The highest BCUT2D eigenvalue weighted by Crippen LogP contribution is 2.33. The number of ether oxygens (including phenoxy) is 1. The molecule has 6 nitrogen and oxygen atoms in total. The van der Waals surface area contributed by atoms with Gasteiger partial charge in [-0.1, -0.05) is 42.0 Å².